The first-order chi connectivity index (χ1) is 25.1. The molecule has 1 unspecified atom stereocenters. The number of phosphoric acid groups is 1. The fourth-order valence-corrected chi connectivity index (χ4v) is 6.23. The van der Waals surface area contributed by atoms with E-state index in [9.17, 15) is 23.8 Å². The van der Waals surface area contributed by atoms with Gasteiger partial charge in [0.2, 0.25) is 0 Å². The van der Waals surface area contributed by atoms with Gasteiger partial charge in [0.05, 0.1) is 13.2 Å². The summed E-state index contributed by atoms with van der Waals surface area (Å²) in [5, 5.41) is 8.87. The molecule has 0 aliphatic heterocycles. The van der Waals surface area contributed by atoms with Gasteiger partial charge in [-0.05, 0) is 44.9 Å². The predicted molar refractivity (Wildman–Crippen MR) is 208 cm³/mol. The molecule has 12 heteroatoms. The fourth-order valence-electron chi connectivity index (χ4n) is 5.45. The number of aliphatic carboxylic acids is 1. The standard InChI is InChI=1S/C40H74NO10P/c1-3-5-7-9-11-13-15-17-18-20-21-23-25-27-29-31-38(42)48-33-36(34-49-52(46,47)50-35-37(41)40(44)45)51-39(43)32-30-28-26-24-22-19-16-14-12-10-8-6-4-2/h11,13,17-18,36-37H,3-10,12,14-16,19-35,41H2,1-2H3,(H,44,45)(H,46,47)/t36-,37+/m1/s1. The third-order valence-electron chi connectivity index (χ3n) is 8.70. The first kappa shape index (κ1) is 50.0. The quantitative estimate of drug-likeness (QED) is 0.0237. The molecule has 11 nitrogen and oxygen atoms in total. The highest BCUT2D eigenvalue weighted by molar-refractivity contribution is 7.47. The van der Waals surface area contributed by atoms with E-state index in [1.807, 2.05) is 0 Å². The summed E-state index contributed by atoms with van der Waals surface area (Å²) >= 11 is 0. The van der Waals surface area contributed by atoms with Gasteiger partial charge in [-0.1, -0.05) is 147 Å². The average molecular weight is 760 g/mol. The van der Waals surface area contributed by atoms with Crippen molar-refractivity contribution in [3.05, 3.63) is 24.3 Å². The molecule has 0 aliphatic rings. The van der Waals surface area contributed by atoms with Crippen LogP contribution in [-0.4, -0.2) is 59.9 Å². The molecule has 0 fully saturated rings. The van der Waals surface area contributed by atoms with Crippen LogP contribution >= 0.6 is 7.82 Å². The minimum atomic E-state index is -4.71. The molecule has 0 radical (unpaired) electrons. The lowest BCUT2D eigenvalue weighted by atomic mass is 10.0. The van der Waals surface area contributed by atoms with Crippen molar-refractivity contribution in [1.82, 2.24) is 0 Å². The van der Waals surface area contributed by atoms with E-state index in [2.05, 4.69) is 42.7 Å². The van der Waals surface area contributed by atoms with Crippen molar-refractivity contribution in [2.24, 2.45) is 5.73 Å². The lowest BCUT2D eigenvalue weighted by Crippen LogP contribution is -2.34. The Labute approximate surface area is 315 Å². The normalized spacial score (nSPS) is 14.1. The van der Waals surface area contributed by atoms with E-state index >= 15 is 0 Å². The van der Waals surface area contributed by atoms with Crippen molar-refractivity contribution < 1.29 is 47.5 Å². The van der Waals surface area contributed by atoms with E-state index in [0.29, 0.717) is 12.8 Å². The lowest BCUT2D eigenvalue weighted by Gasteiger charge is -2.20. The molecule has 0 heterocycles. The summed E-state index contributed by atoms with van der Waals surface area (Å²) in [7, 11) is -4.71. The summed E-state index contributed by atoms with van der Waals surface area (Å²) in [4.78, 5) is 45.8. The molecule has 4 N–H and O–H groups in total. The van der Waals surface area contributed by atoms with Gasteiger partial charge >= 0.3 is 25.7 Å². The monoisotopic (exact) mass is 760 g/mol. The maximum Gasteiger partial charge on any atom is 0.472 e. The Morgan fingerprint density at radius 1 is 0.596 bits per heavy atom. The largest absolute Gasteiger partial charge is 0.480 e. The Kier molecular flexibility index (Phi) is 34.6. The average Bonchev–Trinajstić information content (AvgIpc) is 3.12. The maximum absolute atomic E-state index is 12.6. The maximum atomic E-state index is 12.6. The molecule has 304 valence electrons. The van der Waals surface area contributed by atoms with Gasteiger partial charge in [0.25, 0.3) is 0 Å². The molecule has 52 heavy (non-hydrogen) atoms. The van der Waals surface area contributed by atoms with Crippen molar-refractivity contribution in [3.8, 4) is 0 Å². The number of hydrogen-bond acceptors (Lipinski definition) is 9. The number of esters is 2. The van der Waals surface area contributed by atoms with Crippen LogP contribution in [0.2, 0.25) is 0 Å². The SMILES string of the molecule is CCCCCC=CCC=CCCCCCCCC(=O)OC[C@H](COP(=O)(O)OC[C@H](N)C(=O)O)OC(=O)CCCCCCCCCCCCCCC. The van der Waals surface area contributed by atoms with Gasteiger partial charge in [-0.2, -0.15) is 0 Å². The van der Waals surface area contributed by atoms with Crippen LogP contribution in [0.25, 0.3) is 0 Å². The van der Waals surface area contributed by atoms with Crippen LogP contribution in [-0.2, 0) is 37.5 Å². The van der Waals surface area contributed by atoms with Crippen molar-refractivity contribution in [2.45, 2.75) is 193 Å². The highest BCUT2D eigenvalue weighted by atomic mass is 31.2. The summed E-state index contributed by atoms with van der Waals surface area (Å²) < 4.78 is 32.6. The molecule has 0 aromatic carbocycles. The first-order valence-electron chi connectivity index (χ1n) is 20.4. The number of ether oxygens (including phenoxy) is 2. The van der Waals surface area contributed by atoms with Crippen molar-refractivity contribution >= 4 is 25.7 Å². The molecule has 3 atom stereocenters. The highest BCUT2D eigenvalue weighted by Crippen LogP contribution is 2.43. The van der Waals surface area contributed by atoms with Crippen LogP contribution in [0.15, 0.2) is 24.3 Å². The van der Waals surface area contributed by atoms with Gasteiger partial charge in [-0.25, -0.2) is 4.57 Å². The van der Waals surface area contributed by atoms with E-state index in [-0.39, 0.29) is 19.4 Å². The molecule has 0 aliphatic carbocycles. The zero-order chi connectivity index (χ0) is 38.5. The molecule has 0 saturated carbocycles. The molecule has 0 aromatic heterocycles. The van der Waals surface area contributed by atoms with Crippen LogP contribution in [0.5, 0.6) is 0 Å². The lowest BCUT2D eigenvalue weighted by molar-refractivity contribution is -0.161. The number of unbranched alkanes of at least 4 members (excludes halogenated alkanes) is 20. The molecule has 0 aromatic rings. The van der Waals surface area contributed by atoms with Crippen molar-refractivity contribution in [3.63, 3.8) is 0 Å². The summed E-state index contributed by atoms with van der Waals surface area (Å²) in [5.74, 6) is -2.39. The van der Waals surface area contributed by atoms with Crippen LogP contribution in [0.3, 0.4) is 0 Å². The molecule has 0 amide bonds. The Morgan fingerprint density at radius 2 is 1.02 bits per heavy atom. The van der Waals surface area contributed by atoms with Gasteiger partial charge < -0.3 is 25.2 Å². The summed E-state index contributed by atoms with van der Waals surface area (Å²) in [6, 6.07) is -1.52. The van der Waals surface area contributed by atoms with Gasteiger partial charge in [0.1, 0.15) is 12.6 Å². The van der Waals surface area contributed by atoms with Crippen LogP contribution in [0.4, 0.5) is 0 Å². The highest BCUT2D eigenvalue weighted by Gasteiger charge is 2.28. The zero-order valence-electron chi connectivity index (χ0n) is 32.7. The Bertz CT molecular complexity index is 989. The number of rotatable bonds is 38. The topological polar surface area (TPSA) is 172 Å². The number of carbonyl (C=O) groups is 3. The first-order valence-corrected chi connectivity index (χ1v) is 21.9. The Morgan fingerprint density at radius 3 is 1.54 bits per heavy atom. The van der Waals surface area contributed by atoms with E-state index in [0.717, 1.165) is 64.2 Å². The summed E-state index contributed by atoms with van der Waals surface area (Å²) in [6.07, 6.45) is 35.2. The summed E-state index contributed by atoms with van der Waals surface area (Å²) in [6.45, 7) is 2.76. The number of hydrogen-bond donors (Lipinski definition) is 3. The van der Waals surface area contributed by atoms with E-state index in [1.165, 1.54) is 77.0 Å². The van der Waals surface area contributed by atoms with Crippen molar-refractivity contribution in [2.75, 3.05) is 19.8 Å². The molecular formula is C40H74NO10P. The van der Waals surface area contributed by atoms with Crippen molar-refractivity contribution in [1.29, 1.82) is 0 Å². The summed E-state index contributed by atoms with van der Waals surface area (Å²) in [5.41, 5.74) is 5.32. The number of carboxylic acid groups (broad SMARTS) is 1. The molecule has 0 spiro atoms. The number of carboxylic acids is 1. The Balaban J connectivity index is 4.41. The smallest absolute Gasteiger partial charge is 0.472 e. The van der Waals surface area contributed by atoms with Crippen LogP contribution < -0.4 is 5.73 Å². The predicted octanol–water partition coefficient (Wildman–Crippen LogP) is 10.3. The van der Waals surface area contributed by atoms with E-state index in [1.54, 1.807) is 0 Å². The van der Waals surface area contributed by atoms with E-state index < -0.39 is 51.1 Å². The number of nitrogens with two attached hydrogens (primary N) is 1. The molecular weight excluding hydrogens is 685 g/mol. The second kappa shape index (κ2) is 36.0. The second-order valence-corrected chi connectivity index (χ2v) is 15.2. The van der Waals surface area contributed by atoms with Crippen LogP contribution in [0, 0.1) is 0 Å². The van der Waals surface area contributed by atoms with Gasteiger partial charge in [0.15, 0.2) is 6.10 Å². The second-order valence-electron chi connectivity index (χ2n) is 13.8. The zero-order valence-corrected chi connectivity index (χ0v) is 33.5. The molecule has 0 bridgehead atoms. The number of carbonyl (C=O) groups excluding carboxylic acids is 2. The molecule has 0 saturated heterocycles. The van der Waals surface area contributed by atoms with Gasteiger partial charge in [-0.3, -0.25) is 23.4 Å². The third-order valence-corrected chi connectivity index (χ3v) is 9.65. The fraction of sp³-hybridized carbons (Fsp3) is 0.825. The number of allylic oxidation sites excluding steroid dienone is 4. The molecule has 0 rings (SSSR count). The van der Waals surface area contributed by atoms with Crippen LogP contribution in [0.1, 0.15) is 181 Å². The van der Waals surface area contributed by atoms with Gasteiger partial charge in [0, 0.05) is 12.8 Å². The minimum absolute atomic E-state index is 0.162. The number of phosphoric ester groups is 1. The Hall–Kier alpha value is -2.04. The minimum Gasteiger partial charge on any atom is -0.480 e. The van der Waals surface area contributed by atoms with Gasteiger partial charge in [-0.15, -0.1) is 0 Å². The van der Waals surface area contributed by atoms with E-state index in [4.69, 9.17) is 24.8 Å². The third kappa shape index (κ3) is 35.0.